The summed E-state index contributed by atoms with van der Waals surface area (Å²) in [4.78, 5) is 4.77. The molecular weight excluding hydrogens is 284 g/mol. The fourth-order valence-corrected chi connectivity index (χ4v) is 2.62. The average molecular weight is 309 g/mol. The first-order valence-electron chi connectivity index (χ1n) is 7.64. The number of halogens is 1. The second-order valence-electron chi connectivity index (χ2n) is 6.23. The van der Waals surface area contributed by atoms with Gasteiger partial charge >= 0.3 is 0 Å². The van der Waals surface area contributed by atoms with Gasteiger partial charge in [-0.1, -0.05) is 19.9 Å². The van der Waals surface area contributed by atoms with Gasteiger partial charge in [-0.2, -0.15) is 0 Å². The Bertz CT molecular complexity index is 617. The average Bonchev–Trinajstić information content (AvgIpc) is 2.77. The zero-order chi connectivity index (χ0) is 15.7. The number of hydrogen-bond donors (Lipinski definition) is 0. The zero-order valence-corrected chi connectivity index (χ0v) is 14.5. The molecule has 116 valence electrons. The van der Waals surface area contributed by atoms with E-state index in [0.717, 1.165) is 22.6 Å². The van der Waals surface area contributed by atoms with Gasteiger partial charge in [0.05, 0.1) is 17.0 Å². The van der Waals surface area contributed by atoms with Crippen molar-refractivity contribution in [2.45, 2.75) is 59.1 Å². The number of alkyl halides is 1. The van der Waals surface area contributed by atoms with Gasteiger partial charge in [0.25, 0.3) is 0 Å². The number of aromatic nitrogens is 2. The highest BCUT2D eigenvalue weighted by atomic mass is 35.5. The highest BCUT2D eigenvalue weighted by molar-refractivity contribution is 6.20. The van der Waals surface area contributed by atoms with Crippen molar-refractivity contribution in [2.24, 2.45) is 5.92 Å². The second kappa shape index (κ2) is 6.27. The Morgan fingerprint density at radius 3 is 2.29 bits per heavy atom. The third kappa shape index (κ3) is 3.18. The van der Waals surface area contributed by atoms with E-state index in [2.05, 4.69) is 31.4 Å². The molecule has 0 radical (unpaired) electrons. The van der Waals surface area contributed by atoms with Crippen molar-refractivity contribution >= 4 is 22.6 Å². The van der Waals surface area contributed by atoms with Gasteiger partial charge in [0.1, 0.15) is 17.1 Å². The molecule has 1 aromatic heterocycles. The van der Waals surface area contributed by atoms with Crippen molar-refractivity contribution < 1.29 is 4.74 Å². The summed E-state index contributed by atoms with van der Waals surface area (Å²) in [6.07, 6.45) is 0.125. The maximum Gasteiger partial charge on any atom is 0.147 e. The molecule has 0 bridgehead atoms. The minimum Gasteiger partial charge on any atom is -0.489 e. The van der Waals surface area contributed by atoms with E-state index in [9.17, 15) is 0 Å². The van der Waals surface area contributed by atoms with Gasteiger partial charge in [0.15, 0.2) is 0 Å². The summed E-state index contributed by atoms with van der Waals surface area (Å²) in [5.74, 6) is 2.25. The van der Waals surface area contributed by atoms with Crippen LogP contribution in [0.3, 0.4) is 0 Å². The predicted molar refractivity (Wildman–Crippen MR) is 89.3 cm³/mol. The molecule has 0 spiro atoms. The fraction of sp³-hybridized carbons (Fsp3) is 0.588. The molecule has 3 nitrogen and oxygen atoms in total. The van der Waals surface area contributed by atoms with Gasteiger partial charge in [0, 0.05) is 6.04 Å². The van der Waals surface area contributed by atoms with Crippen LogP contribution in [-0.2, 0) is 0 Å². The quantitative estimate of drug-likeness (QED) is 0.697. The molecule has 0 amide bonds. The number of rotatable bonds is 5. The summed E-state index contributed by atoms with van der Waals surface area (Å²) in [7, 11) is 0. The predicted octanol–water partition coefficient (Wildman–Crippen LogP) is 5.34. The summed E-state index contributed by atoms with van der Waals surface area (Å²) < 4.78 is 8.15. The van der Waals surface area contributed by atoms with E-state index in [0.29, 0.717) is 12.0 Å². The van der Waals surface area contributed by atoms with Crippen molar-refractivity contribution in [3.63, 3.8) is 0 Å². The van der Waals surface area contributed by atoms with Gasteiger partial charge in [0.2, 0.25) is 0 Å². The molecule has 1 aromatic carbocycles. The Kier molecular flexibility index (Phi) is 4.82. The first-order valence-corrected chi connectivity index (χ1v) is 8.08. The van der Waals surface area contributed by atoms with Crippen molar-refractivity contribution in [3.8, 4) is 5.75 Å². The van der Waals surface area contributed by atoms with Crippen molar-refractivity contribution in [1.82, 2.24) is 9.55 Å². The van der Waals surface area contributed by atoms with E-state index in [1.165, 1.54) is 0 Å². The molecule has 0 aliphatic heterocycles. The summed E-state index contributed by atoms with van der Waals surface area (Å²) in [5.41, 5.74) is 2.00. The van der Waals surface area contributed by atoms with Gasteiger partial charge in [-0.25, -0.2) is 4.98 Å². The van der Waals surface area contributed by atoms with E-state index in [4.69, 9.17) is 21.3 Å². The first-order chi connectivity index (χ1) is 9.82. The van der Waals surface area contributed by atoms with E-state index < -0.39 is 0 Å². The molecule has 2 unspecified atom stereocenters. The third-order valence-corrected chi connectivity index (χ3v) is 4.00. The molecular formula is C17H25ClN2O. The van der Waals surface area contributed by atoms with Gasteiger partial charge < -0.3 is 9.30 Å². The van der Waals surface area contributed by atoms with Crippen LogP contribution in [0.5, 0.6) is 5.75 Å². The summed E-state index contributed by atoms with van der Waals surface area (Å²) in [6.45, 7) is 12.7. The van der Waals surface area contributed by atoms with Crippen LogP contribution < -0.4 is 4.74 Å². The SMILES string of the molecule is CC(C)Oc1cccc2c1nc(C(C)Cl)n2C(C)C(C)C. The lowest BCUT2D eigenvalue weighted by Gasteiger charge is -2.22. The number of imidazole rings is 1. The summed E-state index contributed by atoms with van der Waals surface area (Å²) in [5, 5.41) is -0.134. The maximum absolute atomic E-state index is 6.36. The van der Waals surface area contributed by atoms with E-state index in [1.54, 1.807) is 0 Å². The number of para-hydroxylation sites is 1. The molecule has 0 aliphatic rings. The normalized spacial score (nSPS) is 14.9. The van der Waals surface area contributed by atoms with E-state index >= 15 is 0 Å². The van der Waals surface area contributed by atoms with Crippen LogP contribution in [0.4, 0.5) is 0 Å². The molecule has 0 N–H and O–H groups in total. The van der Waals surface area contributed by atoms with Gasteiger partial charge in [-0.05, 0) is 45.7 Å². The Hall–Kier alpha value is -1.22. The molecule has 1 heterocycles. The Morgan fingerprint density at radius 2 is 1.76 bits per heavy atom. The molecule has 2 aromatic rings. The largest absolute Gasteiger partial charge is 0.489 e. The summed E-state index contributed by atoms with van der Waals surface area (Å²) in [6, 6.07) is 6.42. The minimum absolute atomic E-state index is 0.125. The highest BCUT2D eigenvalue weighted by Crippen LogP contribution is 2.34. The molecule has 0 aliphatic carbocycles. The van der Waals surface area contributed by atoms with Crippen LogP contribution in [0.15, 0.2) is 18.2 Å². The zero-order valence-electron chi connectivity index (χ0n) is 13.7. The smallest absolute Gasteiger partial charge is 0.147 e. The Balaban J connectivity index is 2.68. The topological polar surface area (TPSA) is 27.1 Å². The van der Waals surface area contributed by atoms with Crippen LogP contribution >= 0.6 is 11.6 Å². The van der Waals surface area contributed by atoms with E-state index in [-0.39, 0.29) is 11.5 Å². The first kappa shape index (κ1) is 16.2. The molecule has 2 atom stereocenters. The Labute approximate surface area is 132 Å². The highest BCUT2D eigenvalue weighted by Gasteiger charge is 2.22. The molecule has 21 heavy (non-hydrogen) atoms. The standard InChI is InChI=1S/C17H25ClN2O/c1-10(2)13(6)20-14-8-7-9-15(21-11(3)4)16(14)19-17(20)12(5)18/h7-13H,1-6H3. The van der Waals surface area contributed by atoms with Crippen LogP contribution in [0.25, 0.3) is 11.0 Å². The van der Waals surface area contributed by atoms with Crippen LogP contribution in [0.2, 0.25) is 0 Å². The number of ether oxygens (including phenoxy) is 1. The number of hydrogen-bond acceptors (Lipinski definition) is 2. The third-order valence-electron chi connectivity index (χ3n) is 3.80. The Morgan fingerprint density at radius 1 is 1.10 bits per heavy atom. The molecule has 0 fully saturated rings. The molecule has 0 saturated heterocycles. The number of fused-ring (bicyclic) bond motifs is 1. The van der Waals surface area contributed by atoms with Crippen molar-refractivity contribution in [1.29, 1.82) is 0 Å². The fourth-order valence-electron chi connectivity index (χ4n) is 2.47. The maximum atomic E-state index is 6.36. The van der Waals surface area contributed by atoms with E-state index in [1.807, 2.05) is 32.9 Å². The summed E-state index contributed by atoms with van der Waals surface area (Å²) >= 11 is 6.36. The molecule has 2 rings (SSSR count). The van der Waals surface area contributed by atoms with Gasteiger partial charge in [-0.15, -0.1) is 11.6 Å². The lowest BCUT2D eigenvalue weighted by atomic mass is 10.1. The van der Waals surface area contributed by atoms with Crippen LogP contribution in [0.1, 0.15) is 58.8 Å². The number of benzene rings is 1. The monoisotopic (exact) mass is 308 g/mol. The molecule has 0 saturated carbocycles. The second-order valence-corrected chi connectivity index (χ2v) is 6.89. The molecule has 4 heteroatoms. The van der Waals surface area contributed by atoms with Crippen LogP contribution in [-0.4, -0.2) is 15.7 Å². The van der Waals surface area contributed by atoms with Crippen LogP contribution in [0, 0.1) is 5.92 Å². The van der Waals surface area contributed by atoms with Gasteiger partial charge in [-0.3, -0.25) is 0 Å². The van der Waals surface area contributed by atoms with Crippen molar-refractivity contribution in [2.75, 3.05) is 0 Å². The lowest BCUT2D eigenvalue weighted by Crippen LogP contribution is -2.14. The lowest BCUT2D eigenvalue weighted by molar-refractivity contribution is 0.245. The number of nitrogens with zero attached hydrogens (tertiary/aromatic N) is 2. The minimum atomic E-state index is -0.134. The van der Waals surface area contributed by atoms with Crippen molar-refractivity contribution in [3.05, 3.63) is 24.0 Å².